The summed E-state index contributed by atoms with van der Waals surface area (Å²) < 4.78 is 6.12. The van der Waals surface area contributed by atoms with Crippen molar-refractivity contribution in [3.63, 3.8) is 0 Å². The van der Waals surface area contributed by atoms with E-state index in [1.807, 2.05) is 60.7 Å². The minimum atomic E-state index is -1.50. The number of aliphatic hydroxyl groups is 3. The van der Waals surface area contributed by atoms with Gasteiger partial charge in [0.1, 0.15) is 11.5 Å². The second-order valence-corrected chi connectivity index (χ2v) is 17.5. The quantitative estimate of drug-likeness (QED) is 0.0575. The van der Waals surface area contributed by atoms with Gasteiger partial charge in [0.05, 0.1) is 28.5 Å². The Hall–Kier alpha value is -7.96. The molecule has 1 aromatic heterocycles. The predicted octanol–water partition coefficient (Wildman–Crippen LogP) is 9.37. The standard InChI is InChI=1S/C52H38O12/c53-39-33(21-8-2-1-3-9-21)42(56)47(61)49-35(39)37-50(64-49)48(62)43(57)38-51(63)52(37,38)36-30-12-6-4-10-28(30)32(29-11-5-7-13-31(29)36)26-18-25(23-15-14-22-16-24(22)17-23)19-27(20-26)34-40(54)44(58)46(60)45(59)41(34)55/h1-15,17-20,22,24,30,36,38,51,53-63H,16H2. The molecule has 1 heterocycles. The van der Waals surface area contributed by atoms with Gasteiger partial charge in [0.15, 0.2) is 34.4 Å². The number of phenolic OH excluding ortho intramolecular Hbond substituents is 8. The molecule has 12 nitrogen and oxygen atoms in total. The van der Waals surface area contributed by atoms with Crippen molar-refractivity contribution in [2.75, 3.05) is 0 Å². The molecule has 64 heavy (non-hydrogen) atoms. The van der Waals surface area contributed by atoms with E-state index >= 15 is 0 Å². The number of aromatic hydroxyl groups is 8. The lowest BCUT2D eigenvalue weighted by atomic mass is 9.60. The maximum absolute atomic E-state index is 12.4. The Kier molecular flexibility index (Phi) is 7.56. The number of furan rings is 1. The first-order valence-electron chi connectivity index (χ1n) is 20.9. The summed E-state index contributed by atoms with van der Waals surface area (Å²) in [5.74, 6) is -9.67. The first-order chi connectivity index (χ1) is 30.8. The molecule has 5 aromatic carbocycles. The number of aliphatic hydroxyl groups excluding tert-OH is 3. The molecular formula is C52H38O12. The summed E-state index contributed by atoms with van der Waals surface area (Å²) in [4.78, 5) is 0. The van der Waals surface area contributed by atoms with Crippen LogP contribution in [0.1, 0.15) is 45.9 Å². The Morgan fingerprint density at radius 1 is 0.578 bits per heavy atom. The Morgan fingerprint density at radius 2 is 1.23 bits per heavy atom. The van der Waals surface area contributed by atoms with Crippen LogP contribution in [0.15, 0.2) is 131 Å². The molecule has 0 saturated heterocycles. The molecule has 7 unspecified atom stereocenters. The van der Waals surface area contributed by atoms with Crippen molar-refractivity contribution in [1.82, 2.24) is 0 Å². The minimum absolute atomic E-state index is 0.0435. The van der Waals surface area contributed by atoms with Crippen LogP contribution >= 0.6 is 0 Å². The molecule has 318 valence electrons. The van der Waals surface area contributed by atoms with E-state index in [2.05, 4.69) is 12.2 Å². The van der Waals surface area contributed by atoms with Crippen molar-refractivity contribution < 1.29 is 60.6 Å². The number of hydrogen-bond acceptors (Lipinski definition) is 12. The average Bonchev–Trinajstić information content (AvgIpc) is 4.17. The summed E-state index contributed by atoms with van der Waals surface area (Å²) in [6.45, 7) is 0. The van der Waals surface area contributed by atoms with Gasteiger partial charge in [0, 0.05) is 22.8 Å². The summed E-state index contributed by atoms with van der Waals surface area (Å²) >= 11 is 0. The second-order valence-electron chi connectivity index (χ2n) is 17.5. The van der Waals surface area contributed by atoms with E-state index in [4.69, 9.17) is 4.42 Å². The third-order valence-electron chi connectivity index (χ3n) is 14.3. The van der Waals surface area contributed by atoms with E-state index < -0.39 is 86.8 Å². The zero-order valence-corrected chi connectivity index (χ0v) is 33.5. The number of fused-ring (bicyclic) bond motifs is 8. The summed E-state index contributed by atoms with van der Waals surface area (Å²) in [5.41, 5.74) is 3.62. The number of hydrogen-bond donors (Lipinski definition) is 11. The predicted molar refractivity (Wildman–Crippen MR) is 236 cm³/mol. The first-order valence-corrected chi connectivity index (χ1v) is 20.9. The van der Waals surface area contributed by atoms with Crippen LogP contribution < -0.4 is 0 Å². The lowest BCUT2D eigenvalue weighted by Gasteiger charge is -2.42. The number of benzene rings is 5. The molecule has 6 aliphatic carbocycles. The average molecular weight is 855 g/mol. The van der Waals surface area contributed by atoms with Crippen LogP contribution in [-0.4, -0.2) is 62.3 Å². The topological polar surface area (TPSA) is 236 Å². The Bertz CT molecular complexity index is 3280. The summed E-state index contributed by atoms with van der Waals surface area (Å²) in [5, 5.41) is 125. The number of rotatable bonds is 5. The van der Waals surface area contributed by atoms with Crippen molar-refractivity contribution in [3.8, 4) is 68.2 Å². The Labute approximate surface area is 363 Å². The normalized spacial score (nSPS) is 25.7. The third-order valence-corrected chi connectivity index (χ3v) is 14.3. The molecule has 0 radical (unpaired) electrons. The molecule has 6 aliphatic rings. The third kappa shape index (κ3) is 4.74. The molecule has 2 fully saturated rings. The smallest absolute Gasteiger partial charge is 0.208 e. The first kappa shape index (κ1) is 37.8. The van der Waals surface area contributed by atoms with Crippen LogP contribution in [0, 0.1) is 23.7 Å². The summed E-state index contributed by atoms with van der Waals surface area (Å²) in [7, 11) is 0. The van der Waals surface area contributed by atoms with Gasteiger partial charge in [-0.2, -0.15) is 0 Å². The van der Waals surface area contributed by atoms with Gasteiger partial charge in [0.25, 0.3) is 0 Å². The van der Waals surface area contributed by atoms with E-state index in [1.165, 1.54) is 0 Å². The van der Waals surface area contributed by atoms with E-state index in [0.717, 1.165) is 23.1 Å². The van der Waals surface area contributed by atoms with Crippen LogP contribution in [0.3, 0.4) is 0 Å². The van der Waals surface area contributed by atoms with Crippen molar-refractivity contribution >= 4 is 27.9 Å². The molecular weight excluding hydrogens is 817 g/mol. The van der Waals surface area contributed by atoms with Crippen LogP contribution in [0.2, 0.25) is 0 Å². The van der Waals surface area contributed by atoms with Gasteiger partial charge in [0.2, 0.25) is 23.0 Å². The fourth-order valence-corrected chi connectivity index (χ4v) is 11.3. The zero-order valence-electron chi connectivity index (χ0n) is 33.5. The van der Waals surface area contributed by atoms with Gasteiger partial charge < -0.3 is 60.6 Å². The lowest BCUT2D eigenvalue weighted by molar-refractivity contribution is 0.222. The van der Waals surface area contributed by atoms with Gasteiger partial charge in [-0.15, -0.1) is 0 Å². The van der Waals surface area contributed by atoms with Crippen molar-refractivity contribution in [1.29, 1.82) is 0 Å². The molecule has 0 bridgehead atoms. The van der Waals surface area contributed by atoms with Crippen LogP contribution in [0.25, 0.3) is 50.1 Å². The van der Waals surface area contributed by atoms with E-state index in [9.17, 15) is 56.2 Å². The van der Waals surface area contributed by atoms with Crippen LogP contribution in [0.4, 0.5) is 0 Å². The van der Waals surface area contributed by atoms with Gasteiger partial charge in [-0.1, -0.05) is 97.1 Å². The highest BCUT2D eigenvalue weighted by Crippen LogP contribution is 2.74. The molecule has 0 amide bonds. The summed E-state index contributed by atoms with van der Waals surface area (Å²) in [6, 6.07) is 21.4. The lowest BCUT2D eigenvalue weighted by Crippen LogP contribution is -2.35. The SMILES string of the molecule is OC1=C(O)C2C(O)C2(C2c3ccccc3C(c3cc(C4=CC5CC5C=C4)cc(-c4c(O)c(O)c(O)c(O)c4O)c3)=C3C=CC=CC32)c2c1oc1c(O)c(O)c(-c3ccccc3)c(O)c21. The zero-order chi connectivity index (χ0) is 44.2. The Morgan fingerprint density at radius 3 is 1.98 bits per heavy atom. The molecule has 0 aliphatic heterocycles. The van der Waals surface area contributed by atoms with Gasteiger partial charge in [-0.25, -0.2) is 0 Å². The van der Waals surface area contributed by atoms with Gasteiger partial charge in [-0.3, -0.25) is 0 Å². The molecule has 0 spiro atoms. The molecule has 6 aromatic rings. The van der Waals surface area contributed by atoms with Crippen molar-refractivity contribution in [2.45, 2.75) is 23.9 Å². The largest absolute Gasteiger partial charge is 0.508 e. The number of phenols is 8. The van der Waals surface area contributed by atoms with Gasteiger partial charge in [-0.05, 0) is 86.6 Å². The number of allylic oxidation sites excluding steroid dienone is 9. The van der Waals surface area contributed by atoms with E-state index in [1.54, 1.807) is 42.5 Å². The highest BCUT2D eigenvalue weighted by atomic mass is 16.4. The fourth-order valence-electron chi connectivity index (χ4n) is 11.3. The fraction of sp³-hybridized carbons (Fsp3) is 0.154. The molecule has 2 saturated carbocycles. The summed E-state index contributed by atoms with van der Waals surface area (Å²) in [6.07, 6.45) is 13.6. The van der Waals surface area contributed by atoms with Gasteiger partial charge >= 0.3 is 0 Å². The van der Waals surface area contributed by atoms with Crippen molar-refractivity contribution in [2.24, 2.45) is 23.7 Å². The van der Waals surface area contributed by atoms with Crippen molar-refractivity contribution in [3.05, 3.63) is 160 Å². The highest BCUT2D eigenvalue weighted by molar-refractivity contribution is 6.05. The minimum Gasteiger partial charge on any atom is -0.508 e. The Balaban J connectivity index is 1.12. The highest BCUT2D eigenvalue weighted by Gasteiger charge is 2.76. The monoisotopic (exact) mass is 854 g/mol. The van der Waals surface area contributed by atoms with E-state index in [0.29, 0.717) is 39.7 Å². The second kappa shape index (κ2) is 12.8. The van der Waals surface area contributed by atoms with E-state index in [-0.39, 0.29) is 39.0 Å². The molecule has 7 atom stereocenters. The molecule has 12 rings (SSSR count). The maximum atomic E-state index is 12.4. The maximum Gasteiger partial charge on any atom is 0.208 e. The molecule has 11 N–H and O–H groups in total. The van der Waals surface area contributed by atoms with Crippen LogP contribution in [-0.2, 0) is 5.41 Å². The van der Waals surface area contributed by atoms with Crippen LogP contribution in [0.5, 0.6) is 46.0 Å². The molecule has 12 heteroatoms.